The van der Waals surface area contributed by atoms with Crippen LogP contribution >= 0.6 is 0 Å². The van der Waals surface area contributed by atoms with Crippen molar-refractivity contribution in [1.29, 1.82) is 0 Å². The topological polar surface area (TPSA) is 26.9 Å². The molecule has 3 heteroatoms. The van der Waals surface area contributed by atoms with Crippen molar-refractivity contribution in [1.82, 2.24) is 9.36 Å². The highest BCUT2D eigenvalue weighted by atomic mass is 16.1. The van der Waals surface area contributed by atoms with Gasteiger partial charge in [0, 0.05) is 23.7 Å². The molecular weight excluding hydrogens is 308 g/mol. The van der Waals surface area contributed by atoms with Crippen LogP contribution in [0.15, 0.2) is 29.1 Å². The molecule has 0 saturated heterocycles. The van der Waals surface area contributed by atoms with E-state index in [9.17, 15) is 4.79 Å². The van der Waals surface area contributed by atoms with Gasteiger partial charge in [-0.25, -0.2) is 4.68 Å². The Labute approximate surface area is 149 Å². The number of fused-ring (bicyclic) bond motifs is 6. The van der Waals surface area contributed by atoms with E-state index in [1.807, 2.05) is 4.68 Å². The number of rotatable bonds is 1. The summed E-state index contributed by atoms with van der Waals surface area (Å²) >= 11 is 0. The van der Waals surface area contributed by atoms with Gasteiger partial charge in [-0.15, -0.1) is 0 Å². The van der Waals surface area contributed by atoms with Crippen LogP contribution in [0.4, 0.5) is 0 Å². The van der Waals surface area contributed by atoms with Crippen LogP contribution < -0.4 is 5.56 Å². The number of nitrogens with zero attached hydrogens (tertiary/aromatic N) is 2. The van der Waals surface area contributed by atoms with Crippen molar-refractivity contribution >= 4 is 6.08 Å². The van der Waals surface area contributed by atoms with Gasteiger partial charge in [-0.1, -0.05) is 45.1 Å². The van der Waals surface area contributed by atoms with E-state index in [1.165, 1.54) is 29.7 Å². The molecule has 2 bridgehead atoms. The van der Waals surface area contributed by atoms with E-state index in [-0.39, 0.29) is 16.4 Å². The number of allylic oxidation sites excluding steroid dienone is 1. The highest BCUT2D eigenvalue weighted by Gasteiger charge is 2.50. The van der Waals surface area contributed by atoms with Gasteiger partial charge in [0.15, 0.2) is 0 Å². The Bertz CT molecular complexity index is 988. The molecule has 0 aliphatic heterocycles. The van der Waals surface area contributed by atoms with Crippen LogP contribution in [0.25, 0.3) is 11.8 Å². The van der Waals surface area contributed by atoms with E-state index >= 15 is 0 Å². The second-order valence-electron chi connectivity index (χ2n) is 9.13. The average Bonchev–Trinajstić information content (AvgIpc) is 3.15. The van der Waals surface area contributed by atoms with E-state index in [1.54, 1.807) is 0 Å². The Morgan fingerprint density at radius 1 is 1.20 bits per heavy atom. The largest absolute Gasteiger partial charge is 0.284 e. The minimum absolute atomic E-state index is 0.0394. The molecule has 2 unspecified atom stereocenters. The Balaban J connectivity index is 1.83. The van der Waals surface area contributed by atoms with Crippen molar-refractivity contribution in [3.05, 3.63) is 57.0 Å². The SMILES string of the molecule is Cn1c2c(c(=O)n1-c1cccc3c1C(C)(C)CC=C3)C1CCC2(C)C1. The van der Waals surface area contributed by atoms with Crippen LogP contribution in [-0.4, -0.2) is 9.36 Å². The minimum Gasteiger partial charge on any atom is -0.284 e. The van der Waals surface area contributed by atoms with Crippen LogP contribution in [0.2, 0.25) is 0 Å². The first-order valence-corrected chi connectivity index (χ1v) is 9.46. The van der Waals surface area contributed by atoms with Crippen molar-refractivity contribution in [3.8, 4) is 5.69 Å². The van der Waals surface area contributed by atoms with Gasteiger partial charge in [-0.3, -0.25) is 9.48 Å². The first-order valence-electron chi connectivity index (χ1n) is 9.46. The minimum atomic E-state index is 0.0394. The molecule has 0 spiro atoms. The van der Waals surface area contributed by atoms with Gasteiger partial charge in [-0.2, -0.15) is 0 Å². The fourth-order valence-electron chi connectivity index (χ4n) is 5.88. The summed E-state index contributed by atoms with van der Waals surface area (Å²) in [4.78, 5) is 13.4. The normalized spacial score (nSPS) is 28.2. The Morgan fingerprint density at radius 3 is 2.76 bits per heavy atom. The predicted molar refractivity (Wildman–Crippen MR) is 102 cm³/mol. The lowest BCUT2D eigenvalue weighted by atomic mass is 9.75. The van der Waals surface area contributed by atoms with Crippen LogP contribution in [0.1, 0.15) is 74.8 Å². The molecule has 3 nitrogen and oxygen atoms in total. The summed E-state index contributed by atoms with van der Waals surface area (Å²) in [6, 6.07) is 6.38. The van der Waals surface area contributed by atoms with Gasteiger partial charge < -0.3 is 0 Å². The standard InChI is InChI=1S/C22H26N2O/c1-21(2)11-6-8-14-7-5-9-16(18(14)21)24-20(25)17-15-10-12-22(3,13-15)19(17)23(24)4/h5-9,15H,10-13H2,1-4H3. The first-order chi connectivity index (χ1) is 11.8. The van der Waals surface area contributed by atoms with Crippen LogP contribution in [0.5, 0.6) is 0 Å². The molecular formula is C22H26N2O. The molecule has 5 rings (SSSR count). The quantitative estimate of drug-likeness (QED) is 0.759. The lowest BCUT2D eigenvalue weighted by Crippen LogP contribution is -2.29. The highest BCUT2D eigenvalue weighted by molar-refractivity contribution is 5.65. The van der Waals surface area contributed by atoms with E-state index in [4.69, 9.17) is 0 Å². The fourth-order valence-corrected chi connectivity index (χ4v) is 5.88. The maximum Gasteiger partial charge on any atom is 0.275 e. The number of benzene rings is 1. The Morgan fingerprint density at radius 2 is 2.00 bits per heavy atom. The fraction of sp³-hybridized carbons (Fsp3) is 0.500. The van der Waals surface area contributed by atoms with Gasteiger partial charge in [-0.05, 0) is 54.2 Å². The van der Waals surface area contributed by atoms with Gasteiger partial charge >= 0.3 is 0 Å². The lowest BCUT2D eigenvalue weighted by Gasteiger charge is -2.32. The highest BCUT2D eigenvalue weighted by Crippen LogP contribution is 2.56. The molecule has 3 aliphatic carbocycles. The van der Waals surface area contributed by atoms with Crippen molar-refractivity contribution < 1.29 is 0 Å². The summed E-state index contributed by atoms with van der Waals surface area (Å²) in [6.45, 7) is 6.91. The zero-order chi connectivity index (χ0) is 17.6. The van der Waals surface area contributed by atoms with Gasteiger partial charge in [0.25, 0.3) is 5.56 Å². The summed E-state index contributed by atoms with van der Waals surface area (Å²) < 4.78 is 4.13. The van der Waals surface area contributed by atoms with E-state index < -0.39 is 0 Å². The Hall–Kier alpha value is -2.03. The van der Waals surface area contributed by atoms with Crippen LogP contribution in [-0.2, 0) is 17.9 Å². The van der Waals surface area contributed by atoms with Gasteiger partial charge in [0.1, 0.15) is 0 Å². The zero-order valence-corrected chi connectivity index (χ0v) is 15.6. The molecule has 2 aromatic rings. The zero-order valence-electron chi connectivity index (χ0n) is 15.6. The molecule has 0 N–H and O–H groups in total. The van der Waals surface area contributed by atoms with Crippen LogP contribution in [0, 0.1) is 0 Å². The second-order valence-corrected chi connectivity index (χ2v) is 9.13. The maximum absolute atomic E-state index is 13.4. The van der Waals surface area contributed by atoms with Gasteiger partial charge in [0.2, 0.25) is 0 Å². The number of hydrogen-bond acceptors (Lipinski definition) is 1. The molecule has 25 heavy (non-hydrogen) atoms. The third kappa shape index (κ3) is 1.79. The lowest BCUT2D eigenvalue weighted by molar-refractivity contribution is 0.444. The maximum atomic E-state index is 13.4. The van der Waals surface area contributed by atoms with Crippen molar-refractivity contribution in [3.63, 3.8) is 0 Å². The smallest absolute Gasteiger partial charge is 0.275 e. The Kier molecular flexibility index (Phi) is 2.79. The van der Waals surface area contributed by atoms with Crippen molar-refractivity contribution in [2.75, 3.05) is 0 Å². The molecule has 1 heterocycles. The summed E-state index contributed by atoms with van der Waals surface area (Å²) in [5, 5.41) is 0. The van der Waals surface area contributed by atoms with Crippen LogP contribution in [0.3, 0.4) is 0 Å². The average molecular weight is 334 g/mol. The summed E-state index contributed by atoms with van der Waals surface area (Å²) in [6.07, 6.45) is 9.00. The molecule has 0 radical (unpaired) electrons. The summed E-state index contributed by atoms with van der Waals surface area (Å²) in [7, 11) is 2.08. The summed E-state index contributed by atoms with van der Waals surface area (Å²) in [5.41, 5.74) is 6.43. The third-order valence-corrected chi connectivity index (χ3v) is 6.93. The number of hydrogen-bond donors (Lipinski definition) is 0. The predicted octanol–water partition coefficient (Wildman–Crippen LogP) is 4.41. The van der Waals surface area contributed by atoms with E-state index in [0.29, 0.717) is 5.92 Å². The molecule has 2 atom stereocenters. The molecule has 3 aliphatic rings. The van der Waals surface area contributed by atoms with Crippen molar-refractivity contribution in [2.24, 2.45) is 7.05 Å². The van der Waals surface area contributed by atoms with Crippen molar-refractivity contribution in [2.45, 2.75) is 63.2 Å². The number of aromatic nitrogens is 2. The molecule has 130 valence electrons. The van der Waals surface area contributed by atoms with Gasteiger partial charge in [0.05, 0.1) is 5.69 Å². The van der Waals surface area contributed by atoms with E-state index in [0.717, 1.165) is 24.1 Å². The van der Waals surface area contributed by atoms with E-state index in [2.05, 4.69) is 62.9 Å². The molecule has 1 aromatic heterocycles. The molecule has 1 aromatic carbocycles. The third-order valence-electron chi connectivity index (χ3n) is 6.93. The summed E-state index contributed by atoms with van der Waals surface area (Å²) in [5.74, 6) is 0.465. The first kappa shape index (κ1) is 15.2. The molecule has 1 saturated carbocycles. The molecule has 1 fully saturated rings. The second kappa shape index (κ2) is 4.57. The monoisotopic (exact) mass is 334 g/mol. The molecule has 0 amide bonds.